The molecule has 0 aliphatic carbocycles. The SMILES string of the molecule is CCc1cc(C[C@@H](CC(=O)N2CCC(N3Cc4ccsc4NC3=O)CC2)C(=O)N2CCN(C3CN4CCC3CC4)CC2)cc(Cl)c1N. The van der Waals surface area contributed by atoms with Crippen LogP contribution < -0.4 is 11.1 Å². The van der Waals surface area contributed by atoms with Crippen molar-refractivity contribution in [1.29, 1.82) is 0 Å². The number of fused-ring (bicyclic) bond motifs is 4. The van der Waals surface area contributed by atoms with Crippen LogP contribution in [0.5, 0.6) is 0 Å². The molecule has 7 heterocycles. The molecule has 0 spiro atoms. The Morgan fingerprint density at radius 2 is 1.77 bits per heavy atom. The van der Waals surface area contributed by atoms with Crippen molar-refractivity contribution in [2.24, 2.45) is 11.8 Å². The summed E-state index contributed by atoms with van der Waals surface area (Å²) >= 11 is 8.08. The minimum Gasteiger partial charge on any atom is -0.397 e. The summed E-state index contributed by atoms with van der Waals surface area (Å²) in [5.74, 6) is 0.368. The molecule has 12 heteroatoms. The first-order valence-electron chi connectivity index (χ1n) is 17.5. The number of anilines is 2. The van der Waals surface area contributed by atoms with Gasteiger partial charge in [0.2, 0.25) is 11.8 Å². The van der Waals surface area contributed by atoms with Gasteiger partial charge < -0.3 is 25.3 Å². The Balaban J connectivity index is 1.00. The van der Waals surface area contributed by atoms with Crippen molar-refractivity contribution in [2.45, 2.75) is 70.5 Å². The van der Waals surface area contributed by atoms with Gasteiger partial charge in [0.25, 0.3) is 0 Å². The van der Waals surface area contributed by atoms with Crippen molar-refractivity contribution >= 4 is 51.5 Å². The number of nitrogen functional groups attached to an aromatic ring is 1. The number of benzene rings is 1. The van der Waals surface area contributed by atoms with Crippen LogP contribution >= 0.6 is 22.9 Å². The van der Waals surface area contributed by atoms with Gasteiger partial charge in [-0.15, -0.1) is 11.3 Å². The molecule has 5 fully saturated rings. The summed E-state index contributed by atoms with van der Waals surface area (Å²) in [5, 5.41) is 6.46. The summed E-state index contributed by atoms with van der Waals surface area (Å²) in [5.41, 5.74) is 9.88. The fraction of sp³-hybridized carbons (Fsp3) is 0.629. The highest BCUT2D eigenvalue weighted by atomic mass is 35.5. The van der Waals surface area contributed by atoms with Crippen LogP contribution in [0.4, 0.5) is 15.5 Å². The second-order valence-corrected chi connectivity index (χ2v) is 15.4. The van der Waals surface area contributed by atoms with Gasteiger partial charge in [-0.1, -0.05) is 24.6 Å². The van der Waals surface area contributed by atoms with Gasteiger partial charge in [0.1, 0.15) is 5.00 Å². The molecule has 4 amide bonds. The van der Waals surface area contributed by atoms with Crippen molar-refractivity contribution in [3.8, 4) is 0 Å². The van der Waals surface area contributed by atoms with Gasteiger partial charge in [-0.3, -0.25) is 19.8 Å². The molecule has 3 N–H and O–H groups in total. The molecule has 2 atom stereocenters. The lowest BCUT2D eigenvalue weighted by molar-refractivity contribution is -0.143. The number of nitrogens with two attached hydrogens (primary N) is 1. The molecular weight excluding hydrogens is 634 g/mol. The van der Waals surface area contributed by atoms with E-state index in [1.54, 1.807) is 11.3 Å². The number of likely N-dealkylation sites (tertiary alicyclic amines) is 1. The lowest BCUT2D eigenvalue weighted by Crippen LogP contribution is -2.61. The number of rotatable bonds is 8. The van der Waals surface area contributed by atoms with Crippen LogP contribution in [0, 0.1) is 11.8 Å². The van der Waals surface area contributed by atoms with E-state index < -0.39 is 5.92 Å². The number of amides is 4. The molecule has 0 radical (unpaired) electrons. The van der Waals surface area contributed by atoms with Crippen molar-refractivity contribution in [1.82, 2.24) is 24.5 Å². The molecule has 6 aliphatic rings. The number of thiophene rings is 1. The van der Waals surface area contributed by atoms with Gasteiger partial charge >= 0.3 is 6.03 Å². The van der Waals surface area contributed by atoms with Crippen LogP contribution in [0.15, 0.2) is 23.6 Å². The smallest absolute Gasteiger partial charge is 0.323 e. The number of piperidine rings is 4. The largest absolute Gasteiger partial charge is 0.397 e. The highest BCUT2D eigenvalue weighted by Gasteiger charge is 2.40. The first kappa shape index (κ1) is 32.7. The zero-order valence-corrected chi connectivity index (χ0v) is 29.0. The van der Waals surface area contributed by atoms with E-state index in [-0.39, 0.29) is 30.3 Å². The van der Waals surface area contributed by atoms with Crippen LogP contribution in [0.25, 0.3) is 0 Å². The molecule has 0 saturated carbocycles. The monoisotopic (exact) mass is 681 g/mol. The molecule has 254 valence electrons. The highest BCUT2D eigenvalue weighted by molar-refractivity contribution is 7.14. The van der Waals surface area contributed by atoms with E-state index in [2.05, 4.69) is 21.2 Å². The molecule has 1 unspecified atom stereocenters. The van der Waals surface area contributed by atoms with Crippen molar-refractivity contribution in [3.63, 3.8) is 0 Å². The average Bonchev–Trinajstić information content (AvgIpc) is 3.56. The van der Waals surface area contributed by atoms with Crippen LogP contribution in [0.2, 0.25) is 5.02 Å². The van der Waals surface area contributed by atoms with Crippen LogP contribution in [0.1, 0.15) is 55.7 Å². The van der Waals surface area contributed by atoms with E-state index in [1.165, 1.54) is 25.9 Å². The molecule has 2 aromatic rings. The predicted molar refractivity (Wildman–Crippen MR) is 187 cm³/mol. The minimum atomic E-state index is -0.474. The zero-order chi connectivity index (χ0) is 32.7. The Morgan fingerprint density at radius 3 is 2.45 bits per heavy atom. The number of piperazine rings is 1. The van der Waals surface area contributed by atoms with Crippen molar-refractivity contribution in [3.05, 3.63) is 45.3 Å². The Labute approximate surface area is 287 Å². The lowest BCUT2D eigenvalue weighted by Gasteiger charge is -2.51. The maximum absolute atomic E-state index is 14.2. The Bertz CT molecular complexity index is 1480. The number of halogens is 1. The van der Waals surface area contributed by atoms with Crippen molar-refractivity contribution in [2.75, 3.05) is 70.0 Å². The topological polar surface area (TPSA) is 105 Å². The van der Waals surface area contributed by atoms with E-state index in [4.69, 9.17) is 17.3 Å². The van der Waals surface area contributed by atoms with E-state index in [9.17, 15) is 14.4 Å². The summed E-state index contributed by atoms with van der Waals surface area (Å²) in [6.45, 7) is 10.6. The molecule has 1 aromatic heterocycles. The third kappa shape index (κ3) is 6.86. The van der Waals surface area contributed by atoms with E-state index in [0.717, 1.165) is 66.5 Å². The van der Waals surface area contributed by atoms with Gasteiger partial charge in [-0.2, -0.15) is 0 Å². The Kier molecular flexibility index (Phi) is 9.69. The fourth-order valence-electron chi connectivity index (χ4n) is 8.61. The van der Waals surface area contributed by atoms with Gasteiger partial charge in [0.15, 0.2) is 0 Å². The molecule has 2 bridgehead atoms. The second-order valence-electron chi connectivity index (χ2n) is 14.1. The molecule has 10 nitrogen and oxygen atoms in total. The molecule has 47 heavy (non-hydrogen) atoms. The van der Waals surface area contributed by atoms with Crippen molar-refractivity contribution < 1.29 is 14.4 Å². The maximum atomic E-state index is 14.2. The Hall–Kier alpha value is -2.86. The quantitative estimate of drug-likeness (QED) is 0.401. The number of aryl methyl sites for hydroxylation is 1. The number of hydrogen-bond acceptors (Lipinski definition) is 7. The summed E-state index contributed by atoms with van der Waals surface area (Å²) < 4.78 is 0. The van der Waals surface area contributed by atoms with E-state index in [1.807, 2.05) is 39.1 Å². The summed E-state index contributed by atoms with van der Waals surface area (Å²) in [6.07, 6.45) is 5.39. The van der Waals surface area contributed by atoms with Gasteiger partial charge in [-0.05, 0) is 86.2 Å². The van der Waals surface area contributed by atoms with Gasteiger partial charge in [0, 0.05) is 69.9 Å². The van der Waals surface area contributed by atoms with Crippen LogP contribution in [0.3, 0.4) is 0 Å². The molecule has 6 aliphatic heterocycles. The van der Waals surface area contributed by atoms with Crippen LogP contribution in [-0.4, -0.2) is 113 Å². The predicted octanol–water partition coefficient (Wildman–Crippen LogP) is 4.37. The fourth-order valence-corrected chi connectivity index (χ4v) is 9.67. The average molecular weight is 682 g/mol. The van der Waals surface area contributed by atoms with E-state index >= 15 is 0 Å². The zero-order valence-electron chi connectivity index (χ0n) is 27.5. The number of urea groups is 1. The molecule has 8 rings (SSSR count). The normalized spacial score (nSPS) is 25.9. The first-order valence-corrected chi connectivity index (χ1v) is 18.8. The highest BCUT2D eigenvalue weighted by Crippen LogP contribution is 2.34. The summed E-state index contributed by atoms with van der Waals surface area (Å²) in [4.78, 5) is 51.9. The van der Waals surface area contributed by atoms with Gasteiger partial charge in [-0.25, -0.2) is 4.79 Å². The van der Waals surface area contributed by atoms with Gasteiger partial charge in [0.05, 0.1) is 23.2 Å². The standard InChI is InChI=1S/C35H48ClN7O3S/c1-2-24-17-23(19-29(36)32(24)37)18-27(34(45)42-14-12-40(13-15-42)30-22-39-8-3-25(30)4-9-39)20-31(44)41-10-5-28(6-11-41)43-21-26-7-16-47-33(26)38-35(43)46/h7,16-17,19,25,27-28,30H,2-6,8-15,18,20-22,37H2,1H3,(H,38,46)/t27-,30?/m0/s1. The third-order valence-electron chi connectivity index (χ3n) is 11.5. The maximum Gasteiger partial charge on any atom is 0.323 e. The number of carbonyl (C=O) groups is 3. The number of nitrogens with zero attached hydrogens (tertiary/aromatic N) is 5. The number of hydrogen-bond donors (Lipinski definition) is 2. The molecular formula is C35H48ClN7O3S. The summed E-state index contributed by atoms with van der Waals surface area (Å²) in [6, 6.07) is 6.60. The lowest BCUT2D eigenvalue weighted by atomic mass is 9.83. The molecule has 1 aromatic carbocycles. The third-order valence-corrected chi connectivity index (χ3v) is 12.6. The molecule has 5 saturated heterocycles. The van der Waals surface area contributed by atoms with E-state index in [0.29, 0.717) is 55.9 Å². The van der Waals surface area contributed by atoms with Crippen LogP contribution in [-0.2, 0) is 29.0 Å². The summed E-state index contributed by atoms with van der Waals surface area (Å²) in [7, 11) is 0. The second kappa shape index (κ2) is 13.9. The Morgan fingerprint density at radius 1 is 1.02 bits per heavy atom. The first-order chi connectivity index (χ1) is 22.8. The minimum absolute atomic E-state index is 0.00758. The number of nitrogens with one attached hydrogen (secondary N) is 1. The number of carbonyl (C=O) groups excluding carboxylic acids is 3.